The lowest BCUT2D eigenvalue weighted by Crippen LogP contribution is -2.33. The van der Waals surface area contributed by atoms with Crippen LogP contribution in [0.3, 0.4) is 0 Å². The van der Waals surface area contributed by atoms with Gasteiger partial charge in [-0.15, -0.1) is 0 Å². The van der Waals surface area contributed by atoms with Crippen molar-refractivity contribution in [2.45, 2.75) is 13.3 Å². The number of aromatic nitrogens is 1. The van der Waals surface area contributed by atoms with E-state index in [9.17, 15) is 9.59 Å². The lowest BCUT2D eigenvalue weighted by Gasteiger charge is -2.19. The first-order valence-corrected chi connectivity index (χ1v) is 6.41. The Labute approximate surface area is 118 Å². The molecule has 0 aromatic carbocycles. The maximum atomic E-state index is 12.0. The number of carboxylic acid groups (broad SMARTS) is 1. The van der Waals surface area contributed by atoms with Crippen molar-refractivity contribution in [2.24, 2.45) is 0 Å². The van der Waals surface area contributed by atoms with Gasteiger partial charge in [-0.25, -0.2) is 9.59 Å². The zero-order chi connectivity index (χ0) is 15.3. The first kappa shape index (κ1) is 16.0. The zero-order valence-electron chi connectivity index (χ0n) is 12.4. The van der Waals surface area contributed by atoms with Crippen LogP contribution < -0.4 is 5.32 Å². The predicted molar refractivity (Wildman–Crippen MR) is 77.3 cm³/mol. The molecule has 0 unspecified atom stereocenters. The Bertz CT molecular complexity index is 482. The molecule has 3 N–H and O–H groups in total. The van der Waals surface area contributed by atoms with Gasteiger partial charge < -0.3 is 25.2 Å². The molecule has 1 rings (SSSR count). The van der Waals surface area contributed by atoms with E-state index in [-0.39, 0.29) is 11.7 Å². The molecule has 0 saturated carbocycles. The molecule has 112 valence electrons. The number of hydrogen-bond acceptors (Lipinski definition) is 3. The fraction of sp³-hybridized carbons (Fsp3) is 0.538. The fourth-order valence-electron chi connectivity index (χ4n) is 1.79. The molecular formula is C13H22N4O3. The fourth-order valence-corrected chi connectivity index (χ4v) is 1.79. The Kier molecular flexibility index (Phi) is 5.57. The zero-order valence-corrected chi connectivity index (χ0v) is 12.4. The first-order valence-electron chi connectivity index (χ1n) is 6.41. The highest BCUT2D eigenvalue weighted by Gasteiger charge is 2.17. The van der Waals surface area contributed by atoms with E-state index >= 15 is 0 Å². The van der Waals surface area contributed by atoms with Crippen molar-refractivity contribution < 1.29 is 14.7 Å². The van der Waals surface area contributed by atoms with Crippen LogP contribution in [0, 0.1) is 6.92 Å². The van der Waals surface area contributed by atoms with Gasteiger partial charge in [0, 0.05) is 19.3 Å². The number of aromatic carboxylic acids is 1. The van der Waals surface area contributed by atoms with Crippen LogP contribution in [0.4, 0.5) is 10.5 Å². The minimum absolute atomic E-state index is 0.00228. The second-order valence-corrected chi connectivity index (χ2v) is 5.05. The molecule has 1 aromatic heterocycles. The van der Waals surface area contributed by atoms with Crippen LogP contribution in [0.5, 0.6) is 0 Å². The van der Waals surface area contributed by atoms with Crippen molar-refractivity contribution in [1.82, 2.24) is 14.8 Å². The summed E-state index contributed by atoms with van der Waals surface area (Å²) in [4.78, 5) is 29.3. The van der Waals surface area contributed by atoms with Crippen LogP contribution in [0.15, 0.2) is 6.07 Å². The summed E-state index contributed by atoms with van der Waals surface area (Å²) in [6.45, 7) is 3.24. The average Bonchev–Trinajstić information content (AvgIpc) is 2.69. The number of carbonyl (C=O) groups is 2. The maximum absolute atomic E-state index is 12.0. The van der Waals surface area contributed by atoms with Gasteiger partial charge in [-0.1, -0.05) is 0 Å². The third-order valence-electron chi connectivity index (χ3n) is 2.85. The molecule has 0 radical (unpaired) electrons. The number of nitrogens with zero attached hydrogens (tertiary/aromatic N) is 2. The molecule has 0 saturated heterocycles. The van der Waals surface area contributed by atoms with Gasteiger partial charge in [0.25, 0.3) is 0 Å². The minimum Gasteiger partial charge on any atom is -0.477 e. The van der Waals surface area contributed by atoms with E-state index in [1.54, 1.807) is 20.0 Å². The summed E-state index contributed by atoms with van der Waals surface area (Å²) in [6.07, 6.45) is 0.856. The Morgan fingerprint density at radius 2 is 1.95 bits per heavy atom. The molecular weight excluding hydrogens is 260 g/mol. The number of rotatable bonds is 6. The van der Waals surface area contributed by atoms with Gasteiger partial charge in [-0.2, -0.15) is 0 Å². The summed E-state index contributed by atoms with van der Waals surface area (Å²) < 4.78 is 0. The molecule has 0 spiro atoms. The van der Waals surface area contributed by atoms with E-state index in [4.69, 9.17) is 5.11 Å². The SMILES string of the molecule is Cc1cc(NC(=O)N(C)CCCN(C)C)c(C(=O)O)[nH]1. The molecule has 20 heavy (non-hydrogen) atoms. The average molecular weight is 282 g/mol. The van der Waals surface area contributed by atoms with E-state index in [0.717, 1.165) is 13.0 Å². The maximum Gasteiger partial charge on any atom is 0.354 e. The number of aryl methyl sites for hydroxylation is 1. The molecule has 0 aliphatic carbocycles. The summed E-state index contributed by atoms with van der Waals surface area (Å²) in [5.41, 5.74) is 0.977. The third kappa shape index (κ3) is 4.58. The van der Waals surface area contributed by atoms with Crippen molar-refractivity contribution in [3.63, 3.8) is 0 Å². The second-order valence-electron chi connectivity index (χ2n) is 5.05. The lowest BCUT2D eigenvalue weighted by atomic mass is 10.3. The van der Waals surface area contributed by atoms with Gasteiger partial charge in [-0.3, -0.25) is 0 Å². The van der Waals surface area contributed by atoms with Gasteiger partial charge in [0.1, 0.15) is 5.69 Å². The quantitative estimate of drug-likeness (QED) is 0.736. The normalized spacial score (nSPS) is 10.7. The highest BCUT2D eigenvalue weighted by molar-refractivity contribution is 5.99. The number of amides is 2. The predicted octanol–water partition coefficient (Wildman–Crippen LogP) is 1.44. The number of nitrogens with one attached hydrogen (secondary N) is 2. The molecule has 2 amide bonds. The number of carboxylic acids is 1. The van der Waals surface area contributed by atoms with Crippen LogP contribution in [-0.4, -0.2) is 66.1 Å². The Balaban J connectivity index is 2.59. The minimum atomic E-state index is -1.09. The topological polar surface area (TPSA) is 88.7 Å². The van der Waals surface area contributed by atoms with Crippen LogP contribution in [0.1, 0.15) is 22.6 Å². The summed E-state index contributed by atoms with van der Waals surface area (Å²) in [6, 6.07) is 1.29. The molecule has 0 aliphatic heterocycles. The van der Waals surface area contributed by atoms with Crippen molar-refractivity contribution in [1.29, 1.82) is 0 Å². The Hall–Kier alpha value is -2.02. The summed E-state index contributed by atoms with van der Waals surface area (Å²) in [7, 11) is 5.63. The summed E-state index contributed by atoms with van der Waals surface area (Å²) in [5, 5.41) is 11.6. The van der Waals surface area contributed by atoms with E-state index in [2.05, 4.69) is 10.3 Å². The number of anilines is 1. The van der Waals surface area contributed by atoms with Crippen molar-refractivity contribution >= 4 is 17.7 Å². The molecule has 1 aromatic rings. The molecule has 0 bridgehead atoms. The van der Waals surface area contributed by atoms with Crippen molar-refractivity contribution in [2.75, 3.05) is 39.5 Å². The van der Waals surface area contributed by atoms with Crippen molar-refractivity contribution in [3.05, 3.63) is 17.5 Å². The van der Waals surface area contributed by atoms with Gasteiger partial charge in [0.15, 0.2) is 0 Å². The second kappa shape index (κ2) is 6.95. The van der Waals surface area contributed by atoms with E-state index < -0.39 is 5.97 Å². The van der Waals surface area contributed by atoms with E-state index in [1.165, 1.54) is 4.90 Å². The number of H-pyrrole nitrogens is 1. The van der Waals surface area contributed by atoms with Gasteiger partial charge in [-0.05, 0) is 40.1 Å². The lowest BCUT2D eigenvalue weighted by molar-refractivity contribution is 0.0692. The molecule has 0 aliphatic rings. The Morgan fingerprint density at radius 1 is 1.30 bits per heavy atom. The number of urea groups is 1. The van der Waals surface area contributed by atoms with Crippen LogP contribution in [-0.2, 0) is 0 Å². The van der Waals surface area contributed by atoms with Crippen LogP contribution in [0.25, 0.3) is 0 Å². The molecule has 0 atom stereocenters. The van der Waals surface area contributed by atoms with Gasteiger partial charge in [0.05, 0.1) is 5.69 Å². The standard InChI is InChI=1S/C13H22N4O3/c1-9-8-10(11(14-9)12(18)19)15-13(20)17(4)7-5-6-16(2)3/h8,14H,5-7H2,1-4H3,(H,15,20)(H,18,19). The van der Waals surface area contributed by atoms with Crippen LogP contribution >= 0.6 is 0 Å². The Morgan fingerprint density at radius 3 is 2.50 bits per heavy atom. The highest BCUT2D eigenvalue weighted by atomic mass is 16.4. The monoisotopic (exact) mass is 282 g/mol. The number of aromatic amines is 1. The number of carbonyl (C=O) groups excluding carboxylic acids is 1. The molecule has 0 fully saturated rings. The van der Waals surface area contributed by atoms with Crippen LogP contribution in [0.2, 0.25) is 0 Å². The van der Waals surface area contributed by atoms with E-state index in [1.807, 2.05) is 19.0 Å². The molecule has 7 nitrogen and oxygen atoms in total. The van der Waals surface area contributed by atoms with Gasteiger partial charge in [0.2, 0.25) is 0 Å². The van der Waals surface area contributed by atoms with Crippen molar-refractivity contribution in [3.8, 4) is 0 Å². The number of hydrogen-bond donors (Lipinski definition) is 3. The third-order valence-corrected chi connectivity index (χ3v) is 2.85. The first-order chi connectivity index (χ1) is 9.31. The van der Waals surface area contributed by atoms with Gasteiger partial charge >= 0.3 is 12.0 Å². The largest absolute Gasteiger partial charge is 0.477 e. The molecule has 1 heterocycles. The van der Waals surface area contributed by atoms with E-state index in [0.29, 0.717) is 17.9 Å². The summed E-state index contributed by atoms with van der Waals surface area (Å²) >= 11 is 0. The summed E-state index contributed by atoms with van der Waals surface area (Å²) in [5.74, 6) is -1.09. The molecule has 7 heteroatoms. The highest BCUT2D eigenvalue weighted by Crippen LogP contribution is 2.17. The smallest absolute Gasteiger partial charge is 0.354 e.